The van der Waals surface area contributed by atoms with E-state index in [0.29, 0.717) is 5.89 Å². The molecule has 0 aliphatic heterocycles. The molecule has 0 radical (unpaired) electrons. The fourth-order valence-corrected chi connectivity index (χ4v) is 2.38. The quantitative estimate of drug-likeness (QED) is 0.720. The summed E-state index contributed by atoms with van der Waals surface area (Å²) in [5, 5.41) is 3.39. The van der Waals surface area contributed by atoms with E-state index in [0.717, 1.165) is 27.0 Å². The number of nitrogens with zero attached hydrogens (tertiary/aromatic N) is 2. The Balaban J connectivity index is 2.13. The SMILES string of the molecule is CC(C)(C)Nc1ncc(Br)cc1-c1nc2ccccc2o1. The minimum absolute atomic E-state index is 0.0956. The molecule has 0 aliphatic rings. The molecule has 3 rings (SSSR count). The van der Waals surface area contributed by atoms with Crippen LogP contribution in [-0.4, -0.2) is 15.5 Å². The first-order valence-electron chi connectivity index (χ1n) is 6.72. The largest absolute Gasteiger partial charge is 0.436 e. The molecule has 0 unspecified atom stereocenters. The van der Waals surface area contributed by atoms with Crippen molar-refractivity contribution in [2.24, 2.45) is 0 Å². The number of aromatic nitrogens is 2. The van der Waals surface area contributed by atoms with Crippen molar-refractivity contribution in [2.45, 2.75) is 26.3 Å². The van der Waals surface area contributed by atoms with Gasteiger partial charge in [0.25, 0.3) is 0 Å². The minimum Gasteiger partial charge on any atom is -0.436 e. The summed E-state index contributed by atoms with van der Waals surface area (Å²) in [6, 6.07) is 9.69. The molecule has 5 heteroatoms. The van der Waals surface area contributed by atoms with Gasteiger partial charge < -0.3 is 9.73 Å². The second kappa shape index (κ2) is 5.15. The Kier molecular flexibility index (Phi) is 3.45. The normalized spacial score (nSPS) is 11.8. The lowest BCUT2D eigenvalue weighted by atomic mass is 10.1. The average Bonchev–Trinajstić information content (AvgIpc) is 2.83. The second-order valence-corrected chi connectivity index (χ2v) is 6.83. The molecular weight excluding hydrogens is 330 g/mol. The number of rotatable bonds is 2. The topological polar surface area (TPSA) is 51.0 Å². The second-order valence-electron chi connectivity index (χ2n) is 5.91. The van der Waals surface area contributed by atoms with Gasteiger partial charge >= 0.3 is 0 Å². The summed E-state index contributed by atoms with van der Waals surface area (Å²) >= 11 is 3.46. The van der Waals surface area contributed by atoms with E-state index in [1.807, 2.05) is 30.3 Å². The van der Waals surface area contributed by atoms with E-state index < -0.39 is 0 Å². The van der Waals surface area contributed by atoms with Gasteiger partial charge in [-0.3, -0.25) is 0 Å². The summed E-state index contributed by atoms with van der Waals surface area (Å²) in [6.07, 6.45) is 1.76. The maximum atomic E-state index is 5.85. The first-order chi connectivity index (χ1) is 9.92. The summed E-state index contributed by atoms with van der Waals surface area (Å²) in [4.78, 5) is 9.00. The van der Waals surface area contributed by atoms with Crippen molar-refractivity contribution in [1.82, 2.24) is 9.97 Å². The van der Waals surface area contributed by atoms with Crippen LogP contribution in [0.25, 0.3) is 22.6 Å². The van der Waals surface area contributed by atoms with Gasteiger partial charge in [0.15, 0.2) is 5.58 Å². The summed E-state index contributed by atoms with van der Waals surface area (Å²) in [7, 11) is 0. The van der Waals surface area contributed by atoms with Crippen molar-refractivity contribution >= 4 is 32.8 Å². The van der Waals surface area contributed by atoms with Crippen LogP contribution < -0.4 is 5.32 Å². The maximum Gasteiger partial charge on any atom is 0.231 e. The van der Waals surface area contributed by atoms with E-state index >= 15 is 0 Å². The van der Waals surface area contributed by atoms with Gasteiger partial charge in [-0.15, -0.1) is 0 Å². The molecule has 4 nitrogen and oxygen atoms in total. The highest BCUT2D eigenvalue weighted by Crippen LogP contribution is 2.32. The van der Waals surface area contributed by atoms with E-state index in [-0.39, 0.29) is 5.54 Å². The Hall–Kier alpha value is -1.88. The van der Waals surface area contributed by atoms with Crippen LogP contribution in [0.15, 0.2) is 45.4 Å². The molecule has 21 heavy (non-hydrogen) atoms. The van der Waals surface area contributed by atoms with Crippen LogP contribution in [0.1, 0.15) is 20.8 Å². The molecule has 0 fully saturated rings. The smallest absolute Gasteiger partial charge is 0.231 e. The van der Waals surface area contributed by atoms with Gasteiger partial charge in [0.05, 0.1) is 5.56 Å². The molecule has 2 heterocycles. The molecule has 0 spiro atoms. The van der Waals surface area contributed by atoms with Gasteiger partial charge in [-0.05, 0) is 54.9 Å². The number of halogens is 1. The lowest BCUT2D eigenvalue weighted by Gasteiger charge is -2.22. The van der Waals surface area contributed by atoms with E-state index in [1.165, 1.54) is 0 Å². The van der Waals surface area contributed by atoms with Crippen LogP contribution in [0.3, 0.4) is 0 Å². The lowest BCUT2D eigenvalue weighted by Crippen LogP contribution is -2.27. The molecule has 0 amide bonds. The molecule has 2 aromatic heterocycles. The van der Waals surface area contributed by atoms with Crippen LogP contribution >= 0.6 is 15.9 Å². The first kappa shape index (κ1) is 14.1. The van der Waals surface area contributed by atoms with Crippen molar-refractivity contribution in [1.29, 1.82) is 0 Å². The Morgan fingerprint density at radius 3 is 2.67 bits per heavy atom. The molecule has 0 atom stereocenters. The Labute approximate surface area is 131 Å². The zero-order chi connectivity index (χ0) is 15.0. The fourth-order valence-electron chi connectivity index (χ4n) is 2.04. The van der Waals surface area contributed by atoms with Crippen LogP contribution in [-0.2, 0) is 0 Å². The standard InChI is InChI=1S/C16H16BrN3O/c1-16(2,3)20-14-11(8-10(17)9-18-14)15-19-12-6-4-5-7-13(12)21-15/h4-9H,1-3H3,(H,18,20). The highest BCUT2D eigenvalue weighted by molar-refractivity contribution is 9.10. The molecule has 0 bridgehead atoms. The number of anilines is 1. The van der Waals surface area contributed by atoms with Crippen LogP contribution in [0.2, 0.25) is 0 Å². The highest BCUT2D eigenvalue weighted by atomic mass is 79.9. The Morgan fingerprint density at radius 2 is 1.95 bits per heavy atom. The van der Waals surface area contributed by atoms with E-state index in [1.54, 1.807) is 6.20 Å². The average molecular weight is 346 g/mol. The number of hydrogen-bond acceptors (Lipinski definition) is 4. The number of para-hydroxylation sites is 2. The third-order valence-corrected chi connectivity index (χ3v) is 3.31. The van der Waals surface area contributed by atoms with Crippen LogP contribution in [0.5, 0.6) is 0 Å². The van der Waals surface area contributed by atoms with Gasteiger partial charge in [0, 0.05) is 16.2 Å². The maximum absolute atomic E-state index is 5.85. The van der Waals surface area contributed by atoms with Gasteiger partial charge in [-0.2, -0.15) is 0 Å². The van der Waals surface area contributed by atoms with Gasteiger partial charge in [0.1, 0.15) is 11.3 Å². The van der Waals surface area contributed by atoms with Crippen LogP contribution in [0, 0.1) is 0 Å². The molecule has 3 aromatic rings. The molecule has 1 N–H and O–H groups in total. The van der Waals surface area contributed by atoms with Crippen molar-refractivity contribution < 1.29 is 4.42 Å². The highest BCUT2D eigenvalue weighted by Gasteiger charge is 2.18. The third kappa shape index (κ3) is 3.08. The van der Waals surface area contributed by atoms with Gasteiger partial charge in [-0.1, -0.05) is 12.1 Å². The summed E-state index contributed by atoms with van der Waals surface area (Å²) < 4.78 is 6.74. The van der Waals surface area contributed by atoms with E-state index in [9.17, 15) is 0 Å². The van der Waals surface area contributed by atoms with Crippen molar-refractivity contribution in [3.05, 3.63) is 41.0 Å². The summed E-state index contributed by atoms with van der Waals surface area (Å²) in [5.74, 6) is 1.33. The molecule has 108 valence electrons. The Bertz CT molecular complexity index is 757. The zero-order valence-electron chi connectivity index (χ0n) is 12.1. The monoisotopic (exact) mass is 345 g/mol. The predicted molar refractivity (Wildman–Crippen MR) is 88.3 cm³/mol. The lowest BCUT2D eigenvalue weighted by molar-refractivity contribution is 0.614. The fraction of sp³-hybridized carbons (Fsp3) is 0.250. The number of hydrogen-bond donors (Lipinski definition) is 1. The summed E-state index contributed by atoms with van der Waals surface area (Å²) in [5.41, 5.74) is 2.36. The molecule has 0 saturated carbocycles. The molecule has 1 aromatic carbocycles. The number of nitrogens with one attached hydrogen (secondary N) is 1. The number of pyridine rings is 1. The van der Waals surface area contributed by atoms with Crippen LogP contribution in [0.4, 0.5) is 5.82 Å². The number of benzene rings is 1. The first-order valence-corrected chi connectivity index (χ1v) is 7.51. The zero-order valence-corrected chi connectivity index (χ0v) is 13.7. The van der Waals surface area contributed by atoms with Gasteiger partial charge in [0.2, 0.25) is 5.89 Å². The van der Waals surface area contributed by atoms with Crippen molar-refractivity contribution in [2.75, 3.05) is 5.32 Å². The van der Waals surface area contributed by atoms with Crippen molar-refractivity contribution in [3.8, 4) is 11.5 Å². The molecule has 0 aliphatic carbocycles. The van der Waals surface area contributed by atoms with Gasteiger partial charge in [-0.25, -0.2) is 9.97 Å². The predicted octanol–water partition coefficient (Wildman–Crippen LogP) is 4.86. The number of oxazole rings is 1. The number of fused-ring (bicyclic) bond motifs is 1. The molecular formula is C16H16BrN3O. The summed E-state index contributed by atoms with van der Waals surface area (Å²) in [6.45, 7) is 6.27. The minimum atomic E-state index is -0.0956. The molecule has 0 saturated heterocycles. The van der Waals surface area contributed by atoms with E-state index in [4.69, 9.17) is 4.42 Å². The Morgan fingerprint density at radius 1 is 1.19 bits per heavy atom. The third-order valence-electron chi connectivity index (χ3n) is 2.87. The van der Waals surface area contributed by atoms with E-state index in [2.05, 4.69) is 52.0 Å². The van der Waals surface area contributed by atoms with Crippen molar-refractivity contribution in [3.63, 3.8) is 0 Å².